The maximum Gasteiger partial charge on any atom is 0.157 e. The van der Waals surface area contributed by atoms with Gasteiger partial charge in [0.2, 0.25) is 0 Å². The molecule has 0 aliphatic carbocycles. The summed E-state index contributed by atoms with van der Waals surface area (Å²) in [6.45, 7) is 6.32. The number of alkyl halides is 1. The minimum absolute atomic E-state index is 0.0243. The molecule has 3 heteroatoms. The Morgan fingerprint density at radius 1 is 0.486 bits per heavy atom. The monoisotopic (exact) mass is 558 g/mol. The molecule has 0 spiro atoms. The van der Waals surface area contributed by atoms with E-state index in [1.807, 2.05) is 0 Å². The van der Waals surface area contributed by atoms with Gasteiger partial charge in [-0.3, -0.25) is 0 Å². The van der Waals surface area contributed by atoms with E-state index >= 15 is 0 Å². The third kappa shape index (κ3) is 30.3. The Balaban J connectivity index is 3.89. The molecule has 0 heterocycles. The molecule has 0 saturated heterocycles. The van der Waals surface area contributed by atoms with Crippen LogP contribution in [0, 0.1) is 0 Å². The number of unbranched alkanes of at least 4 members (excludes halogenated alkanes) is 19. The molecule has 0 aliphatic heterocycles. The summed E-state index contributed by atoms with van der Waals surface area (Å²) >= 11 is 3.47. The molecular formula is C32H63BrO2. The molecule has 210 valence electrons. The summed E-state index contributed by atoms with van der Waals surface area (Å²) in [6, 6.07) is 0. The molecule has 0 amide bonds. The maximum absolute atomic E-state index is 6.21. The summed E-state index contributed by atoms with van der Waals surface area (Å²) in [5.74, 6) is 0. The van der Waals surface area contributed by atoms with E-state index in [9.17, 15) is 0 Å². The highest BCUT2D eigenvalue weighted by molar-refractivity contribution is 9.09. The van der Waals surface area contributed by atoms with Gasteiger partial charge in [-0.05, 0) is 44.9 Å². The van der Waals surface area contributed by atoms with Crippen LogP contribution in [-0.4, -0.2) is 24.8 Å². The lowest BCUT2D eigenvalue weighted by atomic mass is 10.1. The lowest BCUT2D eigenvalue weighted by Gasteiger charge is -2.19. The Morgan fingerprint density at radius 3 is 1.37 bits per heavy atom. The van der Waals surface area contributed by atoms with Gasteiger partial charge in [0.15, 0.2) is 6.29 Å². The third-order valence-corrected chi connectivity index (χ3v) is 7.31. The van der Waals surface area contributed by atoms with E-state index in [2.05, 4.69) is 41.9 Å². The minimum Gasteiger partial charge on any atom is -0.353 e. The highest BCUT2D eigenvalue weighted by Crippen LogP contribution is 2.15. The molecule has 0 radical (unpaired) electrons. The first kappa shape index (κ1) is 35.1. The van der Waals surface area contributed by atoms with E-state index in [0.29, 0.717) is 0 Å². The average Bonchev–Trinajstić information content (AvgIpc) is 2.87. The van der Waals surface area contributed by atoms with Crippen molar-refractivity contribution in [3.8, 4) is 0 Å². The molecule has 0 fully saturated rings. The summed E-state index contributed by atoms with van der Waals surface area (Å²) < 4.78 is 12.4. The highest BCUT2D eigenvalue weighted by atomic mass is 79.9. The maximum atomic E-state index is 6.21. The molecule has 0 rings (SSSR count). The predicted molar refractivity (Wildman–Crippen MR) is 161 cm³/mol. The third-order valence-electron chi connectivity index (χ3n) is 6.86. The fraction of sp³-hybridized carbons (Fsp3) is 0.938. The molecule has 0 atom stereocenters. The van der Waals surface area contributed by atoms with Crippen molar-refractivity contribution in [3.63, 3.8) is 0 Å². The van der Waals surface area contributed by atoms with Gasteiger partial charge in [-0.2, -0.15) is 0 Å². The van der Waals surface area contributed by atoms with E-state index in [1.165, 1.54) is 141 Å². The van der Waals surface area contributed by atoms with Crippen molar-refractivity contribution in [1.82, 2.24) is 0 Å². The van der Waals surface area contributed by atoms with Crippen LogP contribution in [0.15, 0.2) is 12.2 Å². The first-order valence-electron chi connectivity index (χ1n) is 15.8. The number of rotatable bonds is 30. The van der Waals surface area contributed by atoms with Crippen LogP contribution in [0.5, 0.6) is 0 Å². The first-order chi connectivity index (χ1) is 17.3. The summed E-state index contributed by atoms with van der Waals surface area (Å²) in [6.07, 6.45) is 36.3. The molecule has 0 aliphatic rings. The van der Waals surface area contributed by atoms with Gasteiger partial charge in [-0.25, -0.2) is 0 Å². The van der Waals surface area contributed by atoms with Crippen molar-refractivity contribution >= 4 is 15.9 Å². The lowest BCUT2D eigenvalue weighted by Crippen LogP contribution is -2.19. The smallest absolute Gasteiger partial charge is 0.157 e. The Labute approximate surface area is 229 Å². The van der Waals surface area contributed by atoms with Crippen LogP contribution in [0.2, 0.25) is 0 Å². The number of ether oxygens (including phenoxy) is 2. The number of halogens is 1. The average molecular weight is 560 g/mol. The quantitative estimate of drug-likeness (QED) is 0.0377. The minimum atomic E-state index is 0.0243. The van der Waals surface area contributed by atoms with E-state index in [1.54, 1.807) is 0 Å². The Hall–Kier alpha value is 0.140. The summed E-state index contributed by atoms with van der Waals surface area (Å²) in [5, 5.41) is 1.08. The molecule has 0 aromatic carbocycles. The molecule has 0 N–H and O–H groups in total. The predicted octanol–water partition coefficient (Wildman–Crippen LogP) is 11.7. The molecule has 0 aromatic rings. The zero-order valence-electron chi connectivity index (χ0n) is 24.0. The second-order valence-corrected chi connectivity index (χ2v) is 11.2. The van der Waals surface area contributed by atoms with Crippen LogP contribution in [0.1, 0.15) is 168 Å². The van der Waals surface area contributed by atoms with Crippen LogP contribution in [0.4, 0.5) is 0 Å². The molecular weight excluding hydrogens is 496 g/mol. The fourth-order valence-corrected chi connectivity index (χ4v) is 4.78. The highest BCUT2D eigenvalue weighted by Gasteiger charge is 2.09. The standard InChI is InChI=1S/C32H63BrO2/c1-3-5-7-9-11-18-22-26-30-34-32(35-31-27-23-19-12-10-8-6-4-2)28-24-20-16-14-13-15-17-21-25-29-33/h17,21,32H,3-16,18-20,22-31H2,1-2H3/b21-17-. The Kier molecular flexibility index (Phi) is 32.3. The van der Waals surface area contributed by atoms with Crippen LogP contribution in [0.3, 0.4) is 0 Å². The molecule has 0 unspecified atom stereocenters. The van der Waals surface area contributed by atoms with Crippen LogP contribution in [-0.2, 0) is 9.47 Å². The van der Waals surface area contributed by atoms with Crippen molar-refractivity contribution in [2.45, 2.75) is 174 Å². The van der Waals surface area contributed by atoms with E-state index in [0.717, 1.165) is 31.4 Å². The van der Waals surface area contributed by atoms with Crippen molar-refractivity contribution < 1.29 is 9.47 Å². The van der Waals surface area contributed by atoms with Crippen molar-refractivity contribution in [3.05, 3.63) is 12.2 Å². The van der Waals surface area contributed by atoms with Crippen LogP contribution >= 0.6 is 15.9 Å². The molecule has 0 saturated carbocycles. The van der Waals surface area contributed by atoms with Gasteiger partial charge < -0.3 is 9.47 Å². The molecule has 2 nitrogen and oxygen atoms in total. The van der Waals surface area contributed by atoms with Crippen LogP contribution < -0.4 is 0 Å². The Bertz CT molecular complexity index is 377. The van der Waals surface area contributed by atoms with Gasteiger partial charge in [0.25, 0.3) is 0 Å². The van der Waals surface area contributed by atoms with Crippen molar-refractivity contribution in [1.29, 1.82) is 0 Å². The van der Waals surface area contributed by atoms with Crippen molar-refractivity contribution in [2.24, 2.45) is 0 Å². The summed E-state index contributed by atoms with van der Waals surface area (Å²) in [5.41, 5.74) is 0. The van der Waals surface area contributed by atoms with Gasteiger partial charge in [-0.1, -0.05) is 151 Å². The summed E-state index contributed by atoms with van der Waals surface area (Å²) in [7, 11) is 0. The number of hydrogen-bond donors (Lipinski definition) is 0. The van der Waals surface area contributed by atoms with Crippen LogP contribution in [0.25, 0.3) is 0 Å². The number of allylic oxidation sites excluding steroid dienone is 2. The number of hydrogen-bond acceptors (Lipinski definition) is 2. The Morgan fingerprint density at radius 2 is 0.886 bits per heavy atom. The first-order valence-corrected chi connectivity index (χ1v) is 16.9. The molecule has 0 aromatic heterocycles. The lowest BCUT2D eigenvalue weighted by molar-refractivity contribution is -0.148. The van der Waals surface area contributed by atoms with Gasteiger partial charge in [0.05, 0.1) is 0 Å². The topological polar surface area (TPSA) is 18.5 Å². The second-order valence-electron chi connectivity index (χ2n) is 10.4. The SMILES string of the molecule is CCCCCCCCCCOC(CCCCCCC/C=C\CCBr)OCCCCCCCCCC. The van der Waals surface area contributed by atoms with Crippen molar-refractivity contribution in [2.75, 3.05) is 18.5 Å². The van der Waals surface area contributed by atoms with Gasteiger partial charge in [0, 0.05) is 18.5 Å². The van der Waals surface area contributed by atoms with E-state index < -0.39 is 0 Å². The van der Waals surface area contributed by atoms with E-state index in [4.69, 9.17) is 9.47 Å². The zero-order chi connectivity index (χ0) is 25.5. The molecule has 35 heavy (non-hydrogen) atoms. The van der Waals surface area contributed by atoms with Gasteiger partial charge in [-0.15, -0.1) is 0 Å². The molecule has 0 bridgehead atoms. The normalized spacial score (nSPS) is 11.9. The van der Waals surface area contributed by atoms with Gasteiger partial charge >= 0.3 is 0 Å². The van der Waals surface area contributed by atoms with Gasteiger partial charge in [0.1, 0.15) is 0 Å². The second kappa shape index (κ2) is 32.2. The summed E-state index contributed by atoms with van der Waals surface area (Å²) in [4.78, 5) is 0. The van der Waals surface area contributed by atoms with E-state index in [-0.39, 0.29) is 6.29 Å². The largest absolute Gasteiger partial charge is 0.353 e. The zero-order valence-corrected chi connectivity index (χ0v) is 25.6. The fourth-order valence-electron chi connectivity index (χ4n) is 4.52.